The van der Waals surface area contributed by atoms with Crippen molar-refractivity contribution in [2.45, 2.75) is 39.2 Å². The summed E-state index contributed by atoms with van der Waals surface area (Å²) in [6.45, 7) is 7.88. The van der Waals surface area contributed by atoms with Crippen LogP contribution in [-0.2, 0) is 0 Å². The Morgan fingerprint density at radius 1 is 1.12 bits per heavy atom. The second-order valence-electron chi connectivity index (χ2n) is 4.93. The maximum absolute atomic E-state index is 5.68. The first-order valence-electron chi connectivity index (χ1n) is 6.06. The fourth-order valence-electron chi connectivity index (χ4n) is 1.65. The largest absolute Gasteiger partial charge is 0.399 e. The molecule has 0 heterocycles. The molecule has 0 radical (unpaired) electrons. The van der Waals surface area contributed by atoms with Gasteiger partial charge in [-0.3, -0.25) is 0 Å². The number of nitrogens with two attached hydrogens (primary N) is 1. The van der Waals surface area contributed by atoms with E-state index in [1.165, 1.54) is 12.0 Å². The molecule has 0 aliphatic rings. The molecule has 0 aliphatic carbocycles. The van der Waals surface area contributed by atoms with E-state index in [1.807, 2.05) is 12.1 Å². The van der Waals surface area contributed by atoms with Gasteiger partial charge in [0.05, 0.1) is 0 Å². The van der Waals surface area contributed by atoms with Gasteiger partial charge in [0.15, 0.2) is 0 Å². The van der Waals surface area contributed by atoms with Gasteiger partial charge >= 0.3 is 0 Å². The lowest BCUT2D eigenvalue weighted by Gasteiger charge is -2.23. The lowest BCUT2D eigenvalue weighted by atomic mass is 9.97. The molecule has 1 unspecified atom stereocenters. The van der Waals surface area contributed by atoms with E-state index in [1.54, 1.807) is 0 Å². The highest BCUT2D eigenvalue weighted by Crippen LogP contribution is 2.20. The molecule has 0 aliphatic heterocycles. The van der Waals surface area contributed by atoms with Gasteiger partial charge in [-0.25, -0.2) is 0 Å². The molecule has 0 saturated carbocycles. The van der Waals surface area contributed by atoms with Gasteiger partial charge in [0.1, 0.15) is 0 Å². The third-order valence-electron chi connectivity index (χ3n) is 3.30. The molecule has 0 amide bonds. The molecule has 0 bridgehead atoms. The van der Waals surface area contributed by atoms with Crippen molar-refractivity contribution in [3.63, 3.8) is 0 Å². The Morgan fingerprint density at radius 3 is 2.19 bits per heavy atom. The summed E-state index contributed by atoms with van der Waals surface area (Å²) in [6.07, 6.45) is 1.19. The summed E-state index contributed by atoms with van der Waals surface area (Å²) in [4.78, 5) is 2.38. The van der Waals surface area contributed by atoms with E-state index in [2.05, 4.69) is 44.9 Å². The fraction of sp³-hybridized carbons (Fsp3) is 0.571. The highest BCUT2D eigenvalue weighted by Gasteiger charge is 2.08. The Kier molecular flexibility index (Phi) is 4.81. The van der Waals surface area contributed by atoms with Gasteiger partial charge in [0.2, 0.25) is 0 Å². The number of hydrogen-bond acceptors (Lipinski definition) is 2. The first-order valence-corrected chi connectivity index (χ1v) is 6.06. The van der Waals surface area contributed by atoms with Crippen molar-refractivity contribution >= 4 is 5.69 Å². The average Bonchev–Trinajstić information content (AvgIpc) is 2.26. The van der Waals surface area contributed by atoms with Gasteiger partial charge in [0, 0.05) is 11.7 Å². The molecule has 1 aromatic rings. The molecule has 1 rings (SSSR count). The van der Waals surface area contributed by atoms with Crippen molar-refractivity contribution in [1.82, 2.24) is 4.90 Å². The van der Waals surface area contributed by atoms with E-state index in [4.69, 9.17) is 5.73 Å². The van der Waals surface area contributed by atoms with E-state index in [0.29, 0.717) is 12.0 Å². The lowest BCUT2D eigenvalue weighted by Crippen LogP contribution is -2.28. The number of nitrogen functional groups attached to an aromatic ring is 1. The minimum Gasteiger partial charge on any atom is -0.399 e. The Hall–Kier alpha value is -1.02. The molecule has 0 saturated heterocycles. The molecule has 0 aromatic heterocycles. The SMILES string of the molecule is CC(CCN(C)C(C)C)c1ccc(N)cc1. The normalized spacial score (nSPS) is 13.4. The Labute approximate surface area is 99.5 Å². The molecule has 0 spiro atoms. The van der Waals surface area contributed by atoms with Crippen molar-refractivity contribution in [2.24, 2.45) is 0 Å². The van der Waals surface area contributed by atoms with Crippen molar-refractivity contribution < 1.29 is 0 Å². The van der Waals surface area contributed by atoms with Crippen molar-refractivity contribution in [3.8, 4) is 0 Å². The Bertz CT molecular complexity index is 303. The van der Waals surface area contributed by atoms with Gasteiger partial charge in [-0.05, 0) is 57.5 Å². The lowest BCUT2D eigenvalue weighted by molar-refractivity contribution is 0.264. The van der Waals surface area contributed by atoms with E-state index in [-0.39, 0.29) is 0 Å². The zero-order valence-electron chi connectivity index (χ0n) is 10.9. The summed E-state index contributed by atoms with van der Waals surface area (Å²) in [5.41, 5.74) is 7.90. The van der Waals surface area contributed by atoms with E-state index >= 15 is 0 Å². The molecule has 16 heavy (non-hydrogen) atoms. The highest BCUT2D eigenvalue weighted by molar-refractivity contribution is 5.40. The first kappa shape index (κ1) is 13.0. The van der Waals surface area contributed by atoms with Gasteiger partial charge in [-0.2, -0.15) is 0 Å². The van der Waals surface area contributed by atoms with Crippen LogP contribution in [0.4, 0.5) is 5.69 Å². The first-order chi connectivity index (χ1) is 7.50. The second kappa shape index (κ2) is 5.90. The van der Waals surface area contributed by atoms with Crippen LogP contribution in [0.3, 0.4) is 0 Å². The van der Waals surface area contributed by atoms with Gasteiger partial charge in [0.25, 0.3) is 0 Å². The summed E-state index contributed by atoms with van der Waals surface area (Å²) in [5.74, 6) is 0.599. The maximum atomic E-state index is 5.68. The zero-order valence-corrected chi connectivity index (χ0v) is 10.9. The monoisotopic (exact) mass is 220 g/mol. The summed E-state index contributed by atoms with van der Waals surface area (Å²) in [7, 11) is 2.18. The molecule has 1 atom stereocenters. The van der Waals surface area contributed by atoms with Gasteiger partial charge < -0.3 is 10.6 Å². The minimum absolute atomic E-state index is 0.599. The standard InChI is InChI=1S/C14H24N2/c1-11(2)16(4)10-9-12(3)13-5-7-14(15)8-6-13/h5-8,11-12H,9-10,15H2,1-4H3. The molecular formula is C14H24N2. The van der Waals surface area contributed by atoms with Crippen LogP contribution in [0.5, 0.6) is 0 Å². The maximum Gasteiger partial charge on any atom is 0.0314 e. The molecule has 0 fully saturated rings. The van der Waals surface area contributed by atoms with E-state index in [0.717, 1.165) is 12.2 Å². The third kappa shape index (κ3) is 3.86. The smallest absolute Gasteiger partial charge is 0.0314 e. The quantitative estimate of drug-likeness (QED) is 0.773. The van der Waals surface area contributed by atoms with E-state index < -0.39 is 0 Å². The summed E-state index contributed by atoms with van der Waals surface area (Å²) < 4.78 is 0. The molecule has 2 heteroatoms. The average molecular weight is 220 g/mol. The predicted octanol–water partition coefficient (Wildman–Crippen LogP) is 3.10. The topological polar surface area (TPSA) is 29.3 Å². The number of hydrogen-bond donors (Lipinski definition) is 1. The fourth-order valence-corrected chi connectivity index (χ4v) is 1.65. The number of rotatable bonds is 5. The Balaban J connectivity index is 2.46. The summed E-state index contributed by atoms with van der Waals surface area (Å²) >= 11 is 0. The molecular weight excluding hydrogens is 196 g/mol. The third-order valence-corrected chi connectivity index (χ3v) is 3.30. The highest BCUT2D eigenvalue weighted by atomic mass is 15.1. The predicted molar refractivity (Wildman–Crippen MR) is 71.7 cm³/mol. The summed E-state index contributed by atoms with van der Waals surface area (Å²) in [5, 5.41) is 0. The van der Waals surface area contributed by atoms with Crippen molar-refractivity contribution in [1.29, 1.82) is 0 Å². The Morgan fingerprint density at radius 2 is 1.69 bits per heavy atom. The van der Waals surface area contributed by atoms with Crippen molar-refractivity contribution in [3.05, 3.63) is 29.8 Å². The van der Waals surface area contributed by atoms with Gasteiger partial charge in [-0.15, -0.1) is 0 Å². The van der Waals surface area contributed by atoms with Crippen molar-refractivity contribution in [2.75, 3.05) is 19.3 Å². The van der Waals surface area contributed by atoms with Crippen LogP contribution in [0.2, 0.25) is 0 Å². The van der Waals surface area contributed by atoms with Gasteiger partial charge in [-0.1, -0.05) is 19.1 Å². The number of nitrogens with zero attached hydrogens (tertiary/aromatic N) is 1. The molecule has 1 aromatic carbocycles. The van der Waals surface area contributed by atoms with Crippen LogP contribution in [0.1, 0.15) is 38.7 Å². The molecule has 2 nitrogen and oxygen atoms in total. The second-order valence-corrected chi connectivity index (χ2v) is 4.93. The van der Waals surface area contributed by atoms with Crippen LogP contribution in [0, 0.1) is 0 Å². The van der Waals surface area contributed by atoms with Crippen LogP contribution in [0.15, 0.2) is 24.3 Å². The van der Waals surface area contributed by atoms with E-state index in [9.17, 15) is 0 Å². The molecule has 90 valence electrons. The summed E-state index contributed by atoms with van der Waals surface area (Å²) in [6, 6.07) is 8.86. The van der Waals surface area contributed by atoms with Crippen LogP contribution in [0.25, 0.3) is 0 Å². The molecule has 2 N–H and O–H groups in total. The van der Waals surface area contributed by atoms with Crippen LogP contribution in [-0.4, -0.2) is 24.5 Å². The van der Waals surface area contributed by atoms with Crippen LogP contribution >= 0.6 is 0 Å². The minimum atomic E-state index is 0.599. The number of benzene rings is 1. The van der Waals surface area contributed by atoms with Crippen LogP contribution < -0.4 is 5.73 Å². The number of anilines is 1. The zero-order chi connectivity index (χ0) is 12.1.